The second-order valence-corrected chi connectivity index (χ2v) is 5.36. The van der Waals surface area contributed by atoms with E-state index in [0.29, 0.717) is 10.7 Å². The van der Waals surface area contributed by atoms with Crippen molar-refractivity contribution in [1.82, 2.24) is 4.98 Å². The van der Waals surface area contributed by atoms with E-state index in [-0.39, 0.29) is 5.91 Å². The molecule has 0 fully saturated rings. The number of hydrogen-bond acceptors (Lipinski definition) is 1. The van der Waals surface area contributed by atoms with Crippen LogP contribution in [0.5, 0.6) is 0 Å². The number of carbonyl (C=O) groups excluding carboxylic acids is 1. The molecule has 1 aromatic carbocycles. The maximum Gasteiger partial charge on any atom is 0.274 e. The highest BCUT2D eigenvalue weighted by atomic mass is 35.5. The van der Waals surface area contributed by atoms with E-state index in [1.54, 1.807) is 12.3 Å². The van der Waals surface area contributed by atoms with E-state index >= 15 is 0 Å². The number of aromatic nitrogens is 1. The van der Waals surface area contributed by atoms with Gasteiger partial charge in [-0.1, -0.05) is 29.3 Å². The SMILES string of the molecule is Cc1ccc2c(c1)CCCN2C(=O)c1cc(Cl)c[nH]1. The van der Waals surface area contributed by atoms with Gasteiger partial charge in [-0.2, -0.15) is 0 Å². The Bertz CT molecular complexity index is 633. The van der Waals surface area contributed by atoms with Gasteiger partial charge in [-0.3, -0.25) is 4.79 Å². The van der Waals surface area contributed by atoms with Crippen LogP contribution in [0.2, 0.25) is 5.02 Å². The molecule has 0 saturated heterocycles. The molecule has 0 radical (unpaired) electrons. The molecule has 98 valence electrons. The lowest BCUT2D eigenvalue weighted by Gasteiger charge is -2.29. The van der Waals surface area contributed by atoms with Crippen molar-refractivity contribution in [2.75, 3.05) is 11.4 Å². The second kappa shape index (κ2) is 4.74. The summed E-state index contributed by atoms with van der Waals surface area (Å²) in [6, 6.07) is 7.92. The van der Waals surface area contributed by atoms with Crippen LogP contribution in [0.25, 0.3) is 0 Å². The number of nitrogens with zero attached hydrogens (tertiary/aromatic N) is 1. The number of fused-ring (bicyclic) bond motifs is 1. The Labute approximate surface area is 117 Å². The third-order valence-corrected chi connectivity index (χ3v) is 3.70. The van der Waals surface area contributed by atoms with Gasteiger partial charge in [0, 0.05) is 18.4 Å². The van der Waals surface area contributed by atoms with Gasteiger partial charge in [0.2, 0.25) is 0 Å². The first kappa shape index (κ1) is 12.3. The van der Waals surface area contributed by atoms with Crippen LogP contribution < -0.4 is 4.90 Å². The molecule has 1 aliphatic heterocycles. The number of anilines is 1. The first-order valence-corrected chi connectivity index (χ1v) is 6.78. The number of halogens is 1. The normalized spacial score (nSPS) is 14.3. The van der Waals surface area contributed by atoms with Gasteiger partial charge in [0.1, 0.15) is 5.69 Å². The quantitative estimate of drug-likeness (QED) is 0.848. The van der Waals surface area contributed by atoms with E-state index in [2.05, 4.69) is 18.0 Å². The van der Waals surface area contributed by atoms with E-state index in [0.717, 1.165) is 25.1 Å². The molecule has 2 aromatic rings. The van der Waals surface area contributed by atoms with Gasteiger partial charge in [-0.15, -0.1) is 0 Å². The Morgan fingerprint density at radius 3 is 2.95 bits per heavy atom. The summed E-state index contributed by atoms with van der Waals surface area (Å²) in [6.07, 6.45) is 3.66. The van der Waals surface area contributed by atoms with Crippen molar-refractivity contribution in [2.45, 2.75) is 19.8 Å². The summed E-state index contributed by atoms with van der Waals surface area (Å²) in [4.78, 5) is 17.3. The van der Waals surface area contributed by atoms with Gasteiger partial charge in [-0.25, -0.2) is 0 Å². The lowest BCUT2D eigenvalue weighted by molar-refractivity contribution is 0.0981. The highest BCUT2D eigenvalue weighted by Gasteiger charge is 2.24. The number of aromatic amines is 1. The molecule has 0 unspecified atom stereocenters. The molecule has 3 nitrogen and oxygen atoms in total. The fraction of sp³-hybridized carbons (Fsp3) is 0.267. The van der Waals surface area contributed by atoms with Gasteiger partial charge < -0.3 is 9.88 Å². The third kappa shape index (κ3) is 2.26. The van der Waals surface area contributed by atoms with Crippen LogP contribution in [0.4, 0.5) is 5.69 Å². The highest BCUT2D eigenvalue weighted by Crippen LogP contribution is 2.29. The summed E-state index contributed by atoms with van der Waals surface area (Å²) >= 11 is 5.86. The molecule has 0 saturated carbocycles. The summed E-state index contributed by atoms with van der Waals surface area (Å²) in [5.41, 5.74) is 4.04. The van der Waals surface area contributed by atoms with E-state index in [1.165, 1.54) is 11.1 Å². The van der Waals surface area contributed by atoms with E-state index < -0.39 is 0 Å². The smallest absolute Gasteiger partial charge is 0.274 e. The topological polar surface area (TPSA) is 36.1 Å². The number of carbonyl (C=O) groups is 1. The zero-order valence-electron chi connectivity index (χ0n) is 10.7. The average Bonchev–Trinajstić information content (AvgIpc) is 2.83. The van der Waals surface area contributed by atoms with E-state index in [4.69, 9.17) is 11.6 Å². The molecule has 0 atom stereocenters. The molecule has 3 rings (SSSR count). The number of amides is 1. The summed E-state index contributed by atoms with van der Waals surface area (Å²) < 4.78 is 0. The number of aryl methyl sites for hydroxylation is 2. The van der Waals surface area contributed by atoms with Gasteiger partial charge in [-0.05, 0) is 37.5 Å². The molecular weight excluding hydrogens is 260 g/mol. The molecule has 4 heteroatoms. The fourth-order valence-electron chi connectivity index (χ4n) is 2.57. The van der Waals surface area contributed by atoms with Gasteiger partial charge >= 0.3 is 0 Å². The molecule has 19 heavy (non-hydrogen) atoms. The Hall–Kier alpha value is -1.74. The monoisotopic (exact) mass is 274 g/mol. The van der Waals surface area contributed by atoms with Crippen molar-refractivity contribution in [3.63, 3.8) is 0 Å². The average molecular weight is 275 g/mol. The van der Waals surface area contributed by atoms with Gasteiger partial charge in [0.25, 0.3) is 5.91 Å². The zero-order valence-corrected chi connectivity index (χ0v) is 11.5. The minimum atomic E-state index is -0.0169. The maximum absolute atomic E-state index is 12.5. The van der Waals surface area contributed by atoms with Crippen molar-refractivity contribution in [1.29, 1.82) is 0 Å². The fourth-order valence-corrected chi connectivity index (χ4v) is 2.74. The van der Waals surface area contributed by atoms with Crippen molar-refractivity contribution in [3.8, 4) is 0 Å². The molecule has 0 bridgehead atoms. The maximum atomic E-state index is 12.5. The molecule has 2 heterocycles. The summed E-state index contributed by atoms with van der Waals surface area (Å²) in [7, 11) is 0. The van der Waals surface area contributed by atoms with Crippen LogP contribution in [0.15, 0.2) is 30.5 Å². The largest absolute Gasteiger partial charge is 0.356 e. The predicted octanol–water partition coefficient (Wildman–Crippen LogP) is 3.57. The molecule has 1 N–H and O–H groups in total. The Morgan fingerprint density at radius 2 is 2.21 bits per heavy atom. The molecule has 1 amide bonds. The van der Waals surface area contributed by atoms with Crippen LogP contribution in [-0.4, -0.2) is 17.4 Å². The Kier molecular flexibility index (Phi) is 3.07. The van der Waals surface area contributed by atoms with Crippen LogP contribution in [0.3, 0.4) is 0 Å². The first-order chi connectivity index (χ1) is 9.15. The van der Waals surface area contributed by atoms with Crippen LogP contribution >= 0.6 is 11.6 Å². The van der Waals surface area contributed by atoms with Crippen LogP contribution in [-0.2, 0) is 6.42 Å². The second-order valence-electron chi connectivity index (χ2n) is 4.92. The van der Waals surface area contributed by atoms with E-state index in [1.807, 2.05) is 17.0 Å². The lowest BCUT2D eigenvalue weighted by Crippen LogP contribution is -2.35. The Balaban J connectivity index is 1.97. The number of H-pyrrole nitrogens is 1. The van der Waals surface area contributed by atoms with E-state index in [9.17, 15) is 4.79 Å². The first-order valence-electron chi connectivity index (χ1n) is 6.40. The zero-order chi connectivity index (χ0) is 13.4. The Morgan fingerprint density at radius 1 is 1.37 bits per heavy atom. The molecule has 0 spiro atoms. The summed E-state index contributed by atoms with van der Waals surface area (Å²) in [5.74, 6) is -0.0169. The minimum absolute atomic E-state index is 0.0169. The molecule has 1 aliphatic rings. The van der Waals surface area contributed by atoms with Crippen molar-refractivity contribution in [2.24, 2.45) is 0 Å². The van der Waals surface area contributed by atoms with Crippen LogP contribution in [0.1, 0.15) is 28.0 Å². The number of hydrogen-bond donors (Lipinski definition) is 1. The number of nitrogens with one attached hydrogen (secondary N) is 1. The summed E-state index contributed by atoms with van der Waals surface area (Å²) in [5, 5.41) is 0.560. The molecule has 0 aliphatic carbocycles. The van der Waals surface area contributed by atoms with Crippen LogP contribution in [0, 0.1) is 6.92 Å². The van der Waals surface area contributed by atoms with Crippen molar-refractivity contribution < 1.29 is 4.79 Å². The standard InChI is InChI=1S/C15H15ClN2O/c1-10-4-5-14-11(7-10)3-2-6-18(14)15(19)13-8-12(16)9-17-13/h4-5,7-9,17H,2-3,6H2,1H3. The van der Waals surface area contributed by atoms with Gasteiger partial charge in [0.15, 0.2) is 0 Å². The molecule has 1 aromatic heterocycles. The third-order valence-electron chi connectivity index (χ3n) is 3.48. The van der Waals surface area contributed by atoms with Crippen molar-refractivity contribution >= 4 is 23.2 Å². The lowest BCUT2D eigenvalue weighted by atomic mass is 9.99. The minimum Gasteiger partial charge on any atom is -0.356 e. The number of benzene rings is 1. The van der Waals surface area contributed by atoms with Gasteiger partial charge in [0.05, 0.1) is 5.02 Å². The number of rotatable bonds is 1. The summed E-state index contributed by atoms with van der Waals surface area (Å²) in [6.45, 7) is 2.83. The predicted molar refractivity (Wildman–Crippen MR) is 77.0 cm³/mol. The highest BCUT2D eigenvalue weighted by molar-refractivity contribution is 6.31. The molecular formula is C15H15ClN2O. The van der Waals surface area contributed by atoms with Crippen molar-refractivity contribution in [3.05, 3.63) is 52.3 Å².